The molecule has 2 rings (SSSR count). The van der Waals surface area contributed by atoms with E-state index in [1.165, 1.54) is 6.07 Å². The zero-order chi connectivity index (χ0) is 12.3. The largest absolute Gasteiger partial charge is 0.345 e. The van der Waals surface area contributed by atoms with Crippen LogP contribution in [0.25, 0.3) is 0 Å². The maximum absolute atomic E-state index is 13.4. The van der Waals surface area contributed by atoms with Crippen LogP contribution in [0.5, 0.6) is 0 Å². The number of aromatic amines is 1. The van der Waals surface area contributed by atoms with Crippen molar-refractivity contribution in [1.29, 1.82) is 0 Å². The van der Waals surface area contributed by atoms with Crippen LogP contribution in [-0.4, -0.2) is 16.3 Å². The summed E-state index contributed by atoms with van der Waals surface area (Å²) >= 11 is 0. The van der Waals surface area contributed by atoms with Gasteiger partial charge in [-0.25, -0.2) is 9.37 Å². The molecule has 0 bridgehead atoms. The molecule has 0 aliphatic rings. The molecular formula is C13H13FN2O. The smallest absolute Gasteiger partial charge is 0.170 e. The van der Waals surface area contributed by atoms with Crippen LogP contribution in [0.3, 0.4) is 0 Å². The first-order chi connectivity index (χ1) is 8.20. The number of hydrogen-bond donors (Lipinski definition) is 1. The molecule has 0 aliphatic carbocycles. The third kappa shape index (κ3) is 2.58. The number of aldehydes is 1. The van der Waals surface area contributed by atoms with Crippen molar-refractivity contribution in [3.05, 3.63) is 52.9 Å². The summed E-state index contributed by atoms with van der Waals surface area (Å²) in [7, 11) is 0. The van der Waals surface area contributed by atoms with Crippen LogP contribution >= 0.6 is 0 Å². The van der Waals surface area contributed by atoms with Gasteiger partial charge in [0.15, 0.2) is 6.29 Å². The number of halogens is 1. The standard InChI is InChI=1S/C13H13FN2O/c1-9-15-12(13(8-17)16-9)7-6-10-4-2-3-5-11(10)14/h2-5,8H,6-7H2,1H3,(H,15,16). The second kappa shape index (κ2) is 4.91. The van der Waals surface area contributed by atoms with Gasteiger partial charge in [0.05, 0.1) is 0 Å². The van der Waals surface area contributed by atoms with Gasteiger partial charge in [-0.2, -0.15) is 0 Å². The fraction of sp³-hybridized carbons (Fsp3) is 0.231. The number of nitrogens with one attached hydrogen (secondary N) is 1. The Bertz CT molecular complexity index is 534. The van der Waals surface area contributed by atoms with Gasteiger partial charge in [0.1, 0.15) is 17.3 Å². The van der Waals surface area contributed by atoms with E-state index in [4.69, 9.17) is 0 Å². The summed E-state index contributed by atoms with van der Waals surface area (Å²) in [5.41, 5.74) is 1.83. The van der Waals surface area contributed by atoms with E-state index in [-0.39, 0.29) is 5.82 Å². The minimum atomic E-state index is -0.212. The third-order valence-electron chi connectivity index (χ3n) is 2.64. The number of hydrogen-bond acceptors (Lipinski definition) is 2. The SMILES string of the molecule is Cc1nc(C=O)c(CCc2ccccc2F)[nH]1. The summed E-state index contributed by atoms with van der Waals surface area (Å²) in [5.74, 6) is 0.493. The lowest BCUT2D eigenvalue weighted by Gasteiger charge is -2.01. The number of aromatic nitrogens is 2. The molecule has 1 aromatic carbocycles. The van der Waals surface area contributed by atoms with Gasteiger partial charge in [-0.1, -0.05) is 18.2 Å². The van der Waals surface area contributed by atoms with Crippen LogP contribution in [0.2, 0.25) is 0 Å². The van der Waals surface area contributed by atoms with Crippen molar-refractivity contribution in [3.8, 4) is 0 Å². The van der Waals surface area contributed by atoms with Crippen LogP contribution in [-0.2, 0) is 12.8 Å². The molecule has 2 aromatic rings. The fourth-order valence-corrected chi connectivity index (χ4v) is 1.81. The molecule has 0 fully saturated rings. The fourth-order valence-electron chi connectivity index (χ4n) is 1.81. The molecule has 0 amide bonds. The average molecular weight is 232 g/mol. The Morgan fingerprint density at radius 2 is 2.12 bits per heavy atom. The molecule has 3 nitrogen and oxygen atoms in total. The zero-order valence-electron chi connectivity index (χ0n) is 9.53. The van der Waals surface area contributed by atoms with Crippen LogP contribution in [0.1, 0.15) is 27.6 Å². The number of benzene rings is 1. The topological polar surface area (TPSA) is 45.8 Å². The molecule has 0 unspecified atom stereocenters. The first kappa shape index (κ1) is 11.5. The highest BCUT2D eigenvalue weighted by atomic mass is 19.1. The minimum absolute atomic E-state index is 0.212. The van der Waals surface area contributed by atoms with Gasteiger partial charge in [-0.3, -0.25) is 4.79 Å². The molecule has 1 aromatic heterocycles. The van der Waals surface area contributed by atoms with Crippen LogP contribution < -0.4 is 0 Å². The lowest BCUT2D eigenvalue weighted by molar-refractivity contribution is 0.111. The highest BCUT2D eigenvalue weighted by Crippen LogP contribution is 2.12. The maximum atomic E-state index is 13.4. The summed E-state index contributed by atoms with van der Waals surface area (Å²) < 4.78 is 13.4. The van der Waals surface area contributed by atoms with Crippen LogP contribution in [0.4, 0.5) is 4.39 Å². The third-order valence-corrected chi connectivity index (χ3v) is 2.64. The number of carbonyl (C=O) groups excluding carboxylic acids is 1. The molecule has 0 radical (unpaired) electrons. The second-order valence-electron chi connectivity index (χ2n) is 3.90. The average Bonchev–Trinajstić information content (AvgIpc) is 2.69. The maximum Gasteiger partial charge on any atom is 0.170 e. The zero-order valence-corrected chi connectivity index (χ0v) is 9.53. The number of rotatable bonds is 4. The predicted molar refractivity (Wildman–Crippen MR) is 62.5 cm³/mol. The minimum Gasteiger partial charge on any atom is -0.345 e. The molecule has 4 heteroatoms. The van der Waals surface area contributed by atoms with E-state index in [9.17, 15) is 9.18 Å². The van der Waals surface area contributed by atoms with E-state index in [0.717, 1.165) is 12.0 Å². The van der Waals surface area contributed by atoms with E-state index in [1.54, 1.807) is 25.1 Å². The Kier molecular flexibility index (Phi) is 3.32. The summed E-state index contributed by atoms with van der Waals surface area (Å²) in [4.78, 5) is 17.8. The number of carbonyl (C=O) groups is 1. The van der Waals surface area contributed by atoms with Gasteiger partial charge >= 0.3 is 0 Å². The Hall–Kier alpha value is -1.97. The number of aryl methyl sites for hydroxylation is 3. The first-order valence-electron chi connectivity index (χ1n) is 5.45. The summed E-state index contributed by atoms with van der Waals surface area (Å²) in [6, 6.07) is 6.65. The first-order valence-corrected chi connectivity index (χ1v) is 5.45. The molecule has 1 N–H and O–H groups in total. The highest BCUT2D eigenvalue weighted by Gasteiger charge is 2.08. The van der Waals surface area contributed by atoms with E-state index in [1.807, 2.05) is 0 Å². The van der Waals surface area contributed by atoms with E-state index in [0.29, 0.717) is 29.9 Å². The molecule has 0 saturated heterocycles. The molecule has 0 atom stereocenters. The summed E-state index contributed by atoms with van der Waals surface area (Å²) in [6.07, 6.45) is 1.85. The van der Waals surface area contributed by atoms with Gasteiger partial charge in [-0.05, 0) is 31.4 Å². The molecular weight excluding hydrogens is 219 g/mol. The Morgan fingerprint density at radius 3 is 2.82 bits per heavy atom. The van der Waals surface area contributed by atoms with Gasteiger partial charge < -0.3 is 4.98 Å². The number of H-pyrrole nitrogens is 1. The van der Waals surface area contributed by atoms with Crippen molar-refractivity contribution in [3.63, 3.8) is 0 Å². The van der Waals surface area contributed by atoms with E-state index < -0.39 is 0 Å². The lowest BCUT2D eigenvalue weighted by Crippen LogP contribution is -1.97. The predicted octanol–water partition coefficient (Wildman–Crippen LogP) is 2.45. The summed E-state index contributed by atoms with van der Waals surface area (Å²) in [6.45, 7) is 1.79. The van der Waals surface area contributed by atoms with Gasteiger partial charge in [0.25, 0.3) is 0 Å². The van der Waals surface area contributed by atoms with Crippen molar-refractivity contribution in [2.75, 3.05) is 0 Å². The molecule has 0 spiro atoms. The molecule has 17 heavy (non-hydrogen) atoms. The van der Waals surface area contributed by atoms with Crippen molar-refractivity contribution in [2.24, 2.45) is 0 Å². The normalized spacial score (nSPS) is 10.5. The monoisotopic (exact) mass is 232 g/mol. The van der Waals surface area contributed by atoms with Crippen molar-refractivity contribution < 1.29 is 9.18 Å². The van der Waals surface area contributed by atoms with Gasteiger partial charge in [-0.15, -0.1) is 0 Å². The second-order valence-corrected chi connectivity index (χ2v) is 3.90. The van der Waals surface area contributed by atoms with Crippen LogP contribution in [0, 0.1) is 12.7 Å². The molecule has 1 heterocycles. The quantitative estimate of drug-likeness (QED) is 0.823. The van der Waals surface area contributed by atoms with Gasteiger partial charge in [0, 0.05) is 5.69 Å². The van der Waals surface area contributed by atoms with Crippen molar-refractivity contribution >= 4 is 6.29 Å². The molecule has 0 aliphatic heterocycles. The van der Waals surface area contributed by atoms with E-state index in [2.05, 4.69) is 9.97 Å². The van der Waals surface area contributed by atoms with Crippen molar-refractivity contribution in [2.45, 2.75) is 19.8 Å². The van der Waals surface area contributed by atoms with Crippen LogP contribution in [0.15, 0.2) is 24.3 Å². The summed E-state index contributed by atoms with van der Waals surface area (Å²) in [5, 5.41) is 0. The molecule has 88 valence electrons. The number of imidazole rings is 1. The highest BCUT2D eigenvalue weighted by molar-refractivity contribution is 5.73. The lowest BCUT2D eigenvalue weighted by atomic mass is 10.1. The Labute approximate surface area is 98.7 Å². The molecule has 0 saturated carbocycles. The Morgan fingerprint density at radius 1 is 1.35 bits per heavy atom. The van der Waals surface area contributed by atoms with Gasteiger partial charge in [0.2, 0.25) is 0 Å². The van der Waals surface area contributed by atoms with E-state index >= 15 is 0 Å². The number of nitrogens with zero attached hydrogens (tertiary/aromatic N) is 1. The van der Waals surface area contributed by atoms with Crippen molar-refractivity contribution in [1.82, 2.24) is 9.97 Å². The Balaban J connectivity index is 2.12.